The molecule has 14 heteroatoms. The third-order valence-corrected chi connectivity index (χ3v) is 4.41. The number of carbonyl (C=O) groups excluding carboxylic acids is 4. The third kappa shape index (κ3) is 8.92. The van der Waals surface area contributed by atoms with Crippen LogP contribution in [0.3, 0.4) is 0 Å². The Morgan fingerprint density at radius 3 is 1.67 bits per heavy atom. The molecule has 1 aliphatic heterocycles. The molecule has 0 amide bonds. The number of esters is 4. The van der Waals surface area contributed by atoms with Crippen LogP contribution in [0.25, 0.3) is 0 Å². The van der Waals surface area contributed by atoms with Gasteiger partial charge in [0.25, 0.3) is 0 Å². The Morgan fingerprint density at radius 2 is 1.23 bits per heavy atom. The molecule has 1 saturated heterocycles. The molecule has 0 aromatic carbocycles. The first-order valence-corrected chi connectivity index (χ1v) is 9.54. The zero-order chi connectivity index (χ0) is 22.1. The number of carbonyl (C=O) groups is 4. The van der Waals surface area contributed by atoms with Gasteiger partial charge in [-0.05, 0) is 0 Å². The number of rotatable bonds is 9. The molecule has 0 aromatic rings. The van der Waals surface area contributed by atoms with Crippen LogP contribution in [0.5, 0.6) is 0 Å². The van der Waals surface area contributed by atoms with E-state index in [1.54, 1.807) is 0 Å². The van der Waals surface area contributed by atoms with E-state index in [-0.39, 0.29) is 15.0 Å². The lowest BCUT2D eigenvalue weighted by molar-refractivity contribution is -0.290. The summed E-state index contributed by atoms with van der Waals surface area (Å²) < 4.78 is 42.0. The van der Waals surface area contributed by atoms with Gasteiger partial charge in [0.2, 0.25) is 6.29 Å². The average Bonchev–Trinajstić information content (AvgIpc) is 2.61. The summed E-state index contributed by atoms with van der Waals surface area (Å²) >= 11 is 0. The Bertz CT molecular complexity index is 599. The molecule has 0 N–H and O–H groups in total. The minimum atomic E-state index is -1.91. The molecule has 1 rings (SSSR count). The number of hydrogen-bond donors (Lipinski definition) is 0. The molecule has 0 aliphatic carbocycles. The molecule has 0 aromatic heterocycles. The first kappa shape index (κ1) is 28.2. The summed E-state index contributed by atoms with van der Waals surface area (Å²) in [5, 5.41) is 0. The van der Waals surface area contributed by atoms with Crippen molar-refractivity contribution < 1.29 is 56.4 Å². The van der Waals surface area contributed by atoms with E-state index in [9.17, 15) is 19.2 Å². The average molecular weight is 451 g/mol. The zero-order valence-electron chi connectivity index (χ0n) is 17.5. The second-order valence-electron chi connectivity index (χ2n) is 5.76. The van der Waals surface area contributed by atoms with Gasteiger partial charge in [-0.15, -0.1) is 0 Å². The molecule has 0 spiro atoms. The maximum absolute atomic E-state index is 11.7. The van der Waals surface area contributed by atoms with Crippen LogP contribution in [0.4, 0.5) is 0 Å². The molecule has 1 fully saturated rings. The van der Waals surface area contributed by atoms with Gasteiger partial charge < -0.3 is 32.7 Å². The van der Waals surface area contributed by atoms with Gasteiger partial charge in [-0.3, -0.25) is 23.7 Å². The highest BCUT2D eigenvalue weighted by molar-refractivity contribution is 7.41. The lowest BCUT2D eigenvalue weighted by atomic mass is 9.98. The summed E-state index contributed by atoms with van der Waals surface area (Å²) in [6.45, 7) is 4.21. The lowest BCUT2D eigenvalue weighted by Gasteiger charge is -2.44. The Morgan fingerprint density at radius 1 is 0.767 bits per heavy atom. The van der Waals surface area contributed by atoms with Crippen molar-refractivity contribution in [3.63, 3.8) is 0 Å². The summed E-state index contributed by atoms with van der Waals surface area (Å²) in [4.78, 5) is 46.1. The smallest absolute Gasteiger partial charge is 0.334 e. The Labute approximate surface area is 177 Å². The van der Waals surface area contributed by atoms with Gasteiger partial charge in [-0.2, -0.15) is 0 Å². The highest BCUT2D eigenvalue weighted by Gasteiger charge is 2.53. The van der Waals surface area contributed by atoms with Crippen molar-refractivity contribution in [2.75, 3.05) is 20.8 Å². The summed E-state index contributed by atoms with van der Waals surface area (Å²) in [7, 11) is 0.726. The van der Waals surface area contributed by atoms with Crippen LogP contribution in [-0.4, -0.2) is 83.8 Å². The quantitative estimate of drug-likeness (QED) is 0.205. The van der Waals surface area contributed by atoms with Crippen molar-refractivity contribution in [2.45, 2.75) is 58.4 Å². The molecule has 30 heavy (non-hydrogen) atoms. The first-order valence-electron chi connectivity index (χ1n) is 8.44. The molecule has 0 saturated carbocycles. The fourth-order valence-corrected chi connectivity index (χ4v) is 3.18. The minimum absolute atomic E-state index is 0. The van der Waals surface area contributed by atoms with Crippen LogP contribution >= 0.6 is 8.60 Å². The van der Waals surface area contributed by atoms with E-state index in [4.69, 9.17) is 37.3 Å². The normalized spacial score (nSPS) is 25.6. The molecule has 1 aliphatic rings. The highest BCUT2D eigenvalue weighted by atomic mass is 31.2. The van der Waals surface area contributed by atoms with Crippen molar-refractivity contribution in [3.05, 3.63) is 0 Å². The van der Waals surface area contributed by atoms with Crippen LogP contribution in [0.2, 0.25) is 0 Å². The van der Waals surface area contributed by atoms with Gasteiger partial charge in [0.05, 0.1) is 0 Å². The Hall–Kier alpha value is -1.79. The lowest BCUT2D eigenvalue weighted by Crippen LogP contribution is -2.62. The van der Waals surface area contributed by atoms with Gasteiger partial charge in [0.1, 0.15) is 12.7 Å². The van der Waals surface area contributed by atoms with Gasteiger partial charge in [0, 0.05) is 50.3 Å². The van der Waals surface area contributed by atoms with Crippen molar-refractivity contribution >= 4 is 40.9 Å². The van der Waals surface area contributed by atoms with Gasteiger partial charge in [0.15, 0.2) is 18.3 Å². The van der Waals surface area contributed by atoms with Gasteiger partial charge >= 0.3 is 32.5 Å². The fraction of sp³-hybridized carbons (Fsp3) is 0.750. The van der Waals surface area contributed by atoms with E-state index in [1.165, 1.54) is 21.1 Å². The van der Waals surface area contributed by atoms with Crippen molar-refractivity contribution in [3.8, 4) is 0 Å². The van der Waals surface area contributed by atoms with Crippen molar-refractivity contribution in [2.24, 2.45) is 0 Å². The Balaban J connectivity index is 0.00000841. The van der Waals surface area contributed by atoms with E-state index >= 15 is 0 Å². The second-order valence-corrected chi connectivity index (χ2v) is 7.15. The van der Waals surface area contributed by atoms with E-state index in [0.717, 1.165) is 20.8 Å². The summed E-state index contributed by atoms with van der Waals surface area (Å²) in [6.07, 6.45) is -6.35. The largest absolute Gasteiger partial charge is 0.463 e. The van der Waals surface area contributed by atoms with Crippen LogP contribution in [-0.2, 0) is 56.4 Å². The van der Waals surface area contributed by atoms with E-state index < -0.39 is 63.2 Å². The van der Waals surface area contributed by atoms with E-state index in [1.807, 2.05) is 0 Å². The molecule has 1 heterocycles. The minimum Gasteiger partial charge on any atom is -0.463 e. The summed E-state index contributed by atoms with van der Waals surface area (Å²) in [5.74, 6) is -2.81. The van der Waals surface area contributed by atoms with Crippen molar-refractivity contribution in [1.82, 2.24) is 0 Å². The highest BCUT2D eigenvalue weighted by Crippen LogP contribution is 2.42. The van der Waals surface area contributed by atoms with E-state index in [2.05, 4.69) is 0 Å². The van der Waals surface area contributed by atoms with Crippen LogP contribution in [0, 0.1) is 0 Å². The maximum Gasteiger partial charge on any atom is 0.334 e. The molecule has 5 atom stereocenters. The predicted molar refractivity (Wildman–Crippen MR) is 99.7 cm³/mol. The Kier molecular flexibility index (Phi) is 12.7. The molecule has 0 bridgehead atoms. The fourth-order valence-electron chi connectivity index (χ4n) is 2.52. The standard InChI is InChI=1S/C16H25O12P.B/c1-8(17)23-7-12-13(24-9(2)18)14(25-10(3)19)15(26-11(4)20)16(27-12)28-29(21-5)22-6;/h12-16H,7H2,1-6H3;/t12-,13-,14+,15-,16+;/m1./s1. The molecule has 12 nitrogen and oxygen atoms in total. The SMILES string of the molecule is COP(OC)O[C@@H]1O[C@H](COC(C)=O)[C@@H](OC(C)=O)[C@H](OC(C)=O)[C@H]1OC(C)=O.[B]. The summed E-state index contributed by atoms with van der Waals surface area (Å²) in [5.41, 5.74) is 0. The molecule has 169 valence electrons. The number of hydrogen-bond acceptors (Lipinski definition) is 12. The van der Waals surface area contributed by atoms with Crippen LogP contribution in [0.15, 0.2) is 0 Å². The monoisotopic (exact) mass is 451 g/mol. The molecule has 0 unspecified atom stereocenters. The second kappa shape index (κ2) is 13.5. The van der Waals surface area contributed by atoms with Gasteiger partial charge in [-0.25, -0.2) is 0 Å². The molecular formula is C16H25BO12P. The first-order chi connectivity index (χ1) is 13.6. The van der Waals surface area contributed by atoms with Gasteiger partial charge in [-0.1, -0.05) is 0 Å². The third-order valence-electron chi connectivity index (χ3n) is 3.44. The molecular weight excluding hydrogens is 426 g/mol. The van der Waals surface area contributed by atoms with E-state index in [0.29, 0.717) is 0 Å². The topological polar surface area (TPSA) is 142 Å². The predicted octanol–water partition coefficient (Wildman–Crippen LogP) is 0.225. The summed E-state index contributed by atoms with van der Waals surface area (Å²) in [6, 6.07) is 0. The molecule has 3 radical (unpaired) electrons. The maximum atomic E-state index is 11.7. The van der Waals surface area contributed by atoms with Crippen LogP contribution in [0.1, 0.15) is 27.7 Å². The van der Waals surface area contributed by atoms with Crippen LogP contribution < -0.4 is 0 Å². The van der Waals surface area contributed by atoms with Crippen molar-refractivity contribution in [1.29, 1.82) is 0 Å². The number of ether oxygens (including phenoxy) is 5. The zero-order valence-corrected chi connectivity index (χ0v) is 18.4.